The zero-order chi connectivity index (χ0) is 13.3. The van der Waals surface area contributed by atoms with Crippen molar-refractivity contribution in [3.63, 3.8) is 0 Å². The van der Waals surface area contributed by atoms with E-state index in [1.165, 1.54) is 18.5 Å². The molecule has 1 aromatic rings. The molecule has 1 heterocycles. The Morgan fingerprint density at radius 2 is 2.12 bits per heavy atom. The van der Waals surface area contributed by atoms with Crippen LogP contribution in [-0.2, 0) is 4.79 Å². The Balaban J connectivity index is 2.91. The number of anilines is 1. The van der Waals surface area contributed by atoms with Gasteiger partial charge in [0.15, 0.2) is 5.54 Å². The topological polar surface area (TPSA) is 68.0 Å². The zero-order valence-corrected chi connectivity index (χ0v) is 10.3. The first kappa shape index (κ1) is 13.9. The molecule has 0 aliphatic heterocycles. The van der Waals surface area contributed by atoms with Crippen molar-refractivity contribution in [1.29, 1.82) is 0 Å². The van der Waals surface area contributed by atoms with E-state index in [-0.39, 0.29) is 5.69 Å². The molecular formula is C9H9BrF3N3O. The van der Waals surface area contributed by atoms with Crippen molar-refractivity contribution >= 4 is 27.5 Å². The third-order valence-electron chi connectivity index (χ3n) is 2.08. The lowest BCUT2D eigenvalue weighted by atomic mass is 10.0. The second kappa shape index (κ2) is 4.61. The lowest BCUT2D eigenvalue weighted by Crippen LogP contribution is -2.59. The molecule has 94 valence electrons. The third kappa shape index (κ3) is 2.95. The molecule has 1 unspecified atom stereocenters. The number of rotatable bonds is 2. The predicted molar refractivity (Wildman–Crippen MR) is 59.2 cm³/mol. The van der Waals surface area contributed by atoms with Crippen molar-refractivity contribution in [2.24, 2.45) is 5.73 Å². The molecule has 0 bridgehead atoms. The van der Waals surface area contributed by atoms with Crippen LogP contribution in [0.5, 0.6) is 0 Å². The first-order chi connectivity index (χ1) is 7.66. The van der Waals surface area contributed by atoms with Gasteiger partial charge < -0.3 is 11.1 Å². The van der Waals surface area contributed by atoms with Crippen LogP contribution in [0.1, 0.15) is 6.92 Å². The molecule has 0 radical (unpaired) electrons. The maximum absolute atomic E-state index is 12.5. The second-order valence-corrected chi connectivity index (χ2v) is 4.36. The molecule has 0 aliphatic rings. The second-order valence-electron chi connectivity index (χ2n) is 3.51. The number of halogens is 4. The van der Waals surface area contributed by atoms with Crippen molar-refractivity contribution in [1.82, 2.24) is 4.98 Å². The number of nitrogens with one attached hydrogen (secondary N) is 1. The highest BCUT2D eigenvalue weighted by molar-refractivity contribution is 9.10. The maximum atomic E-state index is 12.5. The maximum Gasteiger partial charge on any atom is 0.415 e. The van der Waals surface area contributed by atoms with Crippen LogP contribution in [0.15, 0.2) is 22.9 Å². The first-order valence-corrected chi connectivity index (χ1v) is 5.22. The van der Waals surface area contributed by atoms with Crippen LogP contribution in [-0.4, -0.2) is 22.6 Å². The summed E-state index contributed by atoms with van der Waals surface area (Å²) in [6.45, 7) is 0.609. The quantitative estimate of drug-likeness (QED) is 0.878. The van der Waals surface area contributed by atoms with E-state index >= 15 is 0 Å². The summed E-state index contributed by atoms with van der Waals surface area (Å²) in [7, 11) is 0. The highest BCUT2D eigenvalue weighted by atomic mass is 79.9. The van der Waals surface area contributed by atoms with Crippen LogP contribution in [0, 0.1) is 0 Å². The van der Waals surface area contributed by atoms with E-state index in [0.717, 1.165) is 0 Å². The van der Waals surface area contributed by atoms with Crippen LogP contribution >= 0.6 is 15.9 Å². The van der Waals surface area contributed by atoms with Gasteiger partial charge in [0.25, 0.3) is 5.91 Å². The summed E-state index contributed by atoms with van der Waals surface area (Å²) < 4.78 is 37.8. The van der Waals surface area contributed by atoms with Gasteiger partial charge in [0, 0.05) is 12.4 Å². The van der Waals surface area contributed by atoms with E-state index in [0.29, 0.717) is 11.4 Å². The molecular weight excluding hydrogens is 303 g/mol. The van der Waals surface area contributed by atoms with Gasteiger partial charge in [0.05, 0.1) is 10.2 Å². The molecule has 0 saturated carbocycles. The Morgan fingerprint density at radius 3 is 2.59 bits per heavy atom. The van der Waals surface area contributed by atoms with Gasteiger partial charge in [0.2, 0.25) is 0 Å². The average Bonchev–Trinajstić information content (AvgIpc) is 2.19. The Kier molecular flexibility index (Phi) is 3.78. The Morgan fingerprint density at radius 1 is 1.53 bits per heavy atom. The summed E-state index contributed by atoms with van der Waals surface area (Å²) in [4.78, 5) is 15.1. The number of aromatic nitrogens is 1. The Hall–Kier alpha value is -1.15. The summed E-state index contributed by atoms with van der Waals surface area (Å²) >= 11 is 3.04. The molecule has 17 heavy (non-hydrogen) atoms. The van der Waals surface area contributed by atoms with E-state index in [4.69, 9.17) is 5.73 Å². The largest absolute Gasteiger partial charge is 0.415 e. The SMILES string of the molecule is CC(N)(C(=O)Nc1ccncc1Br)C(F)(F)F. The molecule has 0 aliphatic carbocycles. The Bertz CT molecular complexity index is 434. The van der Waals surface area contributed by atoms with Crippen molar-refractivity contribution in [2.75, 3.05) is 5.32 Å². The zero-order valence-electron chi connectivity index (χ0n) is 8.68. The number of nitrogens with two attached hydrogens (primary N) is 1. The molecule has 0 spiro atoms. The number of hydrogen-bond acceptors (Lipinski definition) is 3. The van der Waals surface area contributed by atoms with Crippen molar-refractivity contribution in [3.8, 4) is 0 Å². The predicted octanol–water partition coefficient (Wildman–Crippen LogP) is 2.06. The summed E-state index contributed by atoms with van der Waals surface area (Å²) in [5.41, 5.74) is 2.19. The van der Waals surface area contributed by atoms with Crippen LogP contribution in [0.3, 0.4) is 0 Å². The minimum atomic E-state index is -4.82. The van der Waals surface area contributed by atoms with Crippen LogP contribution in [0.4, 0.5) is 18.9 Å². The normalized spacial score (nSPS) is 15.2. The lowest BCUT2D eigenvalue weighted by molar-refractivity contribution is -0.184. The number of amides is 1. The van der Waals surface area contributed by atoms with Gasteiger partial charge in [0.1, 0.15) is 0 Å². The molecule has 3 N–H and O–H groups in total. The van der Waals surface area contributed by atoms with Crippen LogP contribution in [0.25, 0.3) is 0 Å². The van der Waals surface area contributed by atoms with Crippen molar-refractivity contribution < 1.29 is 18.0 Å². The van der Waals surface area contributed by atoms with Gasteiger partial charge in [-0.05, 0) is 28.9 Å². The molecule has 0 saturated heterocycles. The minimum absolute atomic E-state index is 0.172. The molecule has 0 aromatic carbocycles. The van der Waals surface area contributed by atoms with Crippen LogP contribution in [0.2, 0.25) is 0 Å². The van der Waals surface area contributed by atoms with Crippen molar-refractivity contribution in [2.45, 2.75) is 18.6 Å². The number of nitrogens with zero attached hydrogens (tertiary/aromatic N) is 1. The number of alkyl halides is 3. The fourth-order valence-electron chi connectivity index (χ4n) is 0.857. The Labute approximate surface area is 104 Å². The fraction of sp³-hybridized carbons (Fsp3) is 0.333. The van der Waals surface area contributed by atoms with Gasteiger partial charge in [-0.15, -0.1) is 0 Å². The monoisotopic (exact) mass is 311 g/mol. The lowest BCUT2D eigenvalue weighted by Gasteiger charge is -2.26. The number of carbonyl (C=O) groups excluding carboxylic acids is 1. The van der Waals surface area contributed by atoms with Gasteiger partial charge in [-0.3, -0.25) is 9.78 Å². The first-order valence-electron chi connectivity index (χ1n) is 4.43. The summed E-state index contributed by atoms with van der Waals surface area (Å²) in [5.74, 6) is -1.34. The van der Waals surface area contributed by atoms with Gasteiger partial charge in [-0.25, -0.2) is 0 Å². The average molecular weight is 312 g/mol. The van der Waals surface area contributed by atoms with E-state index in [2.05, 4.69) is 26.2 Å². The van der Waals surface area contributed by atoms with Gasteiger partial charge in [-0.2, -0.15) is 13.2 Å². The van der Waals surface area contributed by atoms with E-state index < -0.39 is 17.6 Å². The molecule has 1 amide bonds. The molecule has 1 atom stereocenters. The molecule has 0 fully saturated rings. The number of pyridine rings is 1. The highest BCUT2D eigenvalue weighted by Crippen LogP contribution is 2.30. The smallest absolute Gasteiger partial charge is 0.323 e. The minimum Gasteiger partial charge on any atom is -0.323 e. The summed E-state index contributed by atoms with van der Waals surface area (Å²) in [5, 5.41) is 2.09. The summed E-state index contributed by atoms with van der Waals surface area (Å²) in [6.07, 6.45) is -2.14. The van der Waals surface area contributed by atoms with Crippen LogP contribution < -0.4 is 11.1 Å². The molecule has 8 heteroatoms. The van der Waals surface area contributed by atoms with E-state index in [1.807, 2.05) is 0 Å². The fourth-order valence-corrected chi connectivity index (χ4v) is 1.21. The summed E-state index contributed by atoms with van der Waals surface area (Å²) in [6, 6.07) is 1.36. The molecule has 1 aromatic heterocycles. The molecule has 4 nitrogen and oxygen atoms in total. The number of hydrogen-bond donors (Lipinski definition) is 2. The van der Waals surface area contributed by atoms with Gasteiger partial charge in [-0.1, -0.05) is 0 Å². The molecule has 1 rings (SSSR count). The standard InChI is InChI=1S/C9H9BrF3N3O/c1-8(14,9(11,12)13)7(17)16-6-2-3-15-4-5(6)10/h2-4H,14H2,1H3,(H,15,16,17). The van der Waals surface area contributed by atoms with Gasteiger partial charge >= 0.3 is 6.18 Å². The van der Waals surface area contributed by atoms with E-state index in [9.17, 15) is 18.0 Å². The highest BCUT2D eigenvalue weighted by Gasteiger charge is 2.54. The van der Waals surface area contributed by atoms with E-state index in [1.54, 1.807) is 0 Å². The third-order valence-corrected chi connectivity index (χ3v) is 2.71. The van der Waals surface area contributed by atoms with Crippen molar-refractivity contribution in [3.05, 3.63) is 22.9 Å². The number of carbonyl (C=O) groups is 1.